The molecule has 9 heteroatoms. The SMILES string of the molecule is Cc1cccc(C)c1-c1cc2nc(n1)NS(=O)(=O)c1cccc(c1)NCC(c1ccc(CCS(C)(C)C)cc1)O2. The van der Waals surface area contributed by atoms with Crippen LogP contribution >= 0.6 is 10.0 Å². The monoisotopic (exact) mass is 576 g/mol. The topological polar surface area (TPSA) is 93.2 Å². The van der Waals surface area contributed by atoms with Crippen molar-refractivity contribution in [3.8, 4) is 17.1 Å². The lowest BCUT2D eigenvalue weighted by Gasteiger charge is -2.25. The number of rotatable bonds is 5. The Morgan fingerprint density at radius 3 is 2.33 bits per heavy atom. The van der Waals surface area contributed by atoms with Gasteiger partial charge in [0.25, 0.3) is 10.0 Å². The molecule has 5 rings (SSSR count). The molecule has 7 nitrogen and oxygen atoms in total. The van der Waals surface area contributed by atoms with Crippen molar-refractivity contribution in [2.75, 3.05) is 41.1 Å². The van der Waals surface area contributed by atoms with Crippen LogP contribution in [0.5, 0.6) is 5.88 Å². The zero-order valence-electron chi connectivity index (χ0n) is 23.6. The van der Waals surface area contributed by atoms with Crippen molar-refractivity contribution in [1.82, 2.24) is 9.97 Å². The summed E-state index contributed by atoms with van der Waals surface area (Å²) < 4.78 is 35.6. The highest BCUT2D eigenvalue weighted by atomic mass is 32.3. The Kier molecular flexibility index (Phi) is 7.79. The first-order valence-corrected chi connectivity index (χ1v) is 17.7. The van der Waals surface area contributed by atoms with Crippen molar-refractivity contribution in [2.24, 2.45) is 0 Å². The number of ether oxygens (including phenoxy) is 1. The second kappa shape index (κ2) is 11.1. The van der Waals surface area contributed by atoms with Crippen molar-refractivity contribution >= 4 is 31.7 Å². The van der Waals surface area contributed by atoms with E-state index in [1.807, 2.05) is 38.1 Å². The fourth-order valence-electron chi connectivity index (χ4n) is 4.74. The molecule has 0 saturated carbocycles. The van der Waals surface area contributed by atoms with Crippen molar-refractivity contribution in [3.63, 3.8) is 0 Å². The molecule has 0 saturated heterocycles. The molecule has 2 heterocycles. The van der Waals surface area contributed by atoms with Gasteiger partial charge in [-0.25, -0.2) is 28.2 Å². The summed E-state index contributed by atoms with van der Waals surface area (Å²) in [5, 5.41) is 3.36. The first kappa shape index (κ1) is 28.0. The van der Waals surface area contributed by atoms with Gasteiger partial charge in [0, 0.05) is 17.3 Å². The number of aromatic nitrogens is 2. The van der Waals surface area contributed by atoms with Crippen molar-refractivity contribution in [1.29, 1.82) is 0 Å². The number of benzene rings is 3. The first-order valence-electron chi connectivity index (χ1n) is 13.2. The summed E-state index contributed by atoms with van der Waals surface area (Å²) in [7, 11) is -4.49. The van der Waals surface area contributed by atoms with Crippen LogP contribution in [0.3, 0.4) is 0 Å². The van der Waals surface area contributed by atoms with Crippen LogP contribution in [0.15, 0.2) is 77.7 Å². The highest BCUT2D eigenvalue weighted by Gasteiger charge is 2.22. The Bertz CT molecular complexity index is 1610. The molecule has 1 atom stereocenters. The van der Waals surface area contributed by atoms with E-state index in [1.165, 1.54) is 11.3 Å². The van der Waals surface area contributed by atoms with Gasteiger partial charge in [-0.05, 0) is 85.2 Å². The van der Waals surface area contributed by atoms with Gasteiger partial charge in [-0.15, -0.1) is 0 Å². The zero-order valence-corrected chi connectivity index (χ0v) is 25.2. The van der Waals surface area contributed by atoms with Crippen molar-refractivity contribution in [2.45, 2.75) is 31.3 Å². The fourth-order valence-corrected chi connectivity index (χ4v) is 6.57. The smallest absolute Gasteiger partial charge is 0.264 e. The largest absolute Gasteiger partial charge is 0.467 e. The van der Waals surface area contributed by atoms with Gasteiger partial charge in [0.1, 0.15) is 6.10 Å². The number of nitrogens with one attached hydrogen (secondary N) is 2. The normalized spacial score (nSPS) is 16.9. The molecule has 4 aromatic rings. The number of sulfonamides is 1. The minimum atomic E-state index is -3.92. The summed E-state index contributed by atoms with van der Waals surface area (Å²) in [5.41, 5.74) is 6.55. The molecule has 40 heavy (non-hydrogen) atoms. The molecule has 0 amide bonds. The predicted octanol–water partition coefficient (Wildman–Crippen LogP) is 6.34. The van der Waals surface area contributed by atoms with Crippen molar-refractivity contribution < 1.29 is 13.2 Å². The van der Waals surface area contributed by atoms with Gasteiger partial charge in [0.2, 0.25) is 11.8 Å². The van der Waals surface area contributed by atoms with E-state index in [9.17, 15) is 8.42 Å². The quantitative estimate of drug-likeness (QED) is 0.288. The molecule has 4 bridgehead atoms. The maximum atomic E-state index is 13.2. The van der Waals surface area contributed by atoms with Crippen LogP contribution < -0.4 is 14.8 Å². The van der Waals surface area contributed by atoms with Crippen LogP contribution in [-0.2, 0) is 16.4 Å². The molecule has 2 N–H and O–H groups in total. The molecule has 0 spiro atoms. The Balaban J connectivity index is 1.57. The van der Waals surface area contributed by atoms with Crippen LogP contribution in [0, 0.1) is 13.8 Å². The lowest BCUT2D eigenvalue weighted by Crippen LogP contribution is -2.21. The maximum Gasteiger partial charge on any atom is 0.264 e. The third-order valence-corrected chi connectivity index (χ3v) is 9.67. The van der Waals surface area contributed by atoms with Gasteiger partial charge in [0.15, 0.2) is 0 Å². The van der Waals surface area contributed by atoms with Gasteiger partial charge in [-0.3, -0.25) is 0 Å². The van der Waals surface area contributed by atoms with E-state index in [2.05, 4.69) is 63.0 Å². The van der Waals surface area contributed by atoms with E-state index in [1.54, 1.807) is 24.3 Å². The summed E-state index contributed by atoms with van der Waals surface area (Å²) in [5.74, 6) is 1.44. The summed E-state index contributed by atoms with van der Waals surface area (Å²) in [4.78, 5) is 9.23. The average molecular weight is 577 g/mol. The molecular formula is C31H36N4O3S2. The standard InChI is InChI=1S/C31H36N4O3S2/c1-21-8-6-9-22(2)30(21)27-19-29-34-31(33-27)35-40(36,37)26-11-7-10-25(18-26)32-20-28(38-29)24-14-12-23(13-15-24)16-17-39(3,4)5/h6-15,18-19,28,32H,16-17,20H2,1-5H3,(H,33,34,35). The van der Waals surface area contributed by atoms with Crippen LogP contribution in [0.25, 0.3) is 11.3 Å². The van der Waals surface area contributed by atoms with E-state index in [4.69, 9.17) is 4.74 Å². The van der Waals surface area contributed by atoms with E-state index in [0.29, 0.717) is 23.8 Å². The van der Waals surface area contributed by atoms with Crippen LogP contribution in [0.2, 0.25) is 0 Å². The van der Waals surface area contributed by atoms with Gasteiger partial charge >= 0.3 is 0 Å². The number of nitrogens with zero attached hydrogens (tertiary/aromatic N) is 2. The third-order valence-electron chi connectivity index (χ3n) is 6.92. The zero-order chi connectivity index (χ0) is 28.5. The molecule has 1 aliphatic heterocycles. The molecular weight excluding hydrogens is 541 g/mol. The van der Waals surface area contributed by atoms with Gasteiger partial charge in [-0.1, -0.05) is 48.5 Å². The summed E-state index contributed by atoms with van der Waals surface area (Å²) in [6, 6.07) is 23.1. The highest BCUT2D eigenvalue weighted by molar-refractivity contribution is 8.32. The molecule has 1 unspecified atom stereocenters. The van der Waals surface area contributed by atoms with Gasteiger partial charge < -0.3 is 10.1 Å². The fraction of sp³-hybridized carbons (Fsp3) is 0.290. The Morgan fingerprint density at radius 1 is 0.925 bits per heavy atom. The third kappa shape index (κ3) is 6.59. The lowest BCUT2D eigenvalue weighted by atomic mass is 10.00. The van der Waals surface area contributed by atoms with Gasteiger partial charge in [0.05, 0.1) is 17.1 Å². The Hall–Kier alpha value is -3.56. The number of fused-ring (bicyclic) bond motifs is 4. The summed E-state index contributed by atoms with van der Waals surface area (Å²) in [6.45, 7) is 4.43. The van der Waals surface area contributed by atoms with E-state index in [-0.39, 0.29) is 16.9 Å². The molecule has 210 valence electrons. The lowest BCUT2D eigenvalue weighted by molar-refractivity contribution is 0.210. The Labute approximate surface area is 238 Å². The van der Waals surface area contributed by atoms with E-state index < -0.39 is 20.1 Å². The molecule has 0 aliphatic carbocycles. The molecule has 1 aliphatic rings. The van der Waals surface area contributed by atoms with E-state index >= 15 is 0 Å². The van der Waals surface area contributed by atoms with Gasteiger partial charge in [-0.2, -0.15) is 4.98 Å². The second-order valence-electron chi connectivity index (χ2n) is 11.1. The van der Waals surface area contributed by atoms with Crippen LogP contribution in [0.4, 0.5) is 11.6 Å². The second-order valence-corrected chi connectivity index (χ2v) is 17.4. The molecule has 0 fully saturated rings. The molecule has 0 radical (unpaired) electrons. The first-order chi connectivity index (χ1) is 19.0. The van der Waals surface area contributed by atoms with Crippen LogP contribution in [-0.4, -0.2) is 49.5 Å². The summed E-state index contributed by atoms with van der Waals surface area (Å²) >= 11 is 0. The highest BCUT2D eigenvalue weighted by Crippen LogP contribution is 2.35. The van der Waals surface area contributed by atoms with Crippen molar-refractivity contribution in [3.05, 3.63) is 95.1 Å². The average Bonchev–Trinajstić information content (AvgIpc) is 2.89. The molecule has 3 aromatic carbocycles. The number of aryl methyl sites for hydroxylation is 3. The molecule has 1 aromatic heterocycles. The minimum absolute atomic E-state index is 0.0344. The Morgan fingerprint density at radius 2 is 1.62 bits per heavy atom. The maximum absolute atomic E-state index is 13.2. The number of hydrogen-bond donors (Lipinski definition) is 2. The number of anilines is 2. The minimum Gasteiger partial charge on any atom is -0.467 e. The number of hydrogen-bond acceptors (Lipinski definition) is 6. The van der Waals surface area contributed by atoms with Crippen LogP contribution in [0.1, 0.15) is 28.4 Å². The van der Waals surface area contributed by atoms with E-state index in [0.717, 1.165) is 28.7 Å². The predicted molar refractivity (Wildman–Crippen MR) is 166 cm³/mol. The summed E-state index contributed by atoms with van der Waals surface area (Å²) in [6.07, 6.45) is 7.68.